The van der Waals surface area contributed by atoms with Crippen molar-refractivity contribution in [1.29, 1.82) is 0 Å². The molecule has 0 fully saturated rings. The van der Waals surface area contributed by atoms with Crippen LogP contribution in [0.3, 0.4) is 0 Å². The normalized spacial score (nSPS) is 11.0. The Morgan fingerprint density at radius 1 is 0.941 bits per heavy atom. The minimum absolute atomic E-state index is 0.0987. The molecule has 0 aliphatic heterocycles. The van der Waals surface area contributed by atoms with E-state index in [2.05, 4.69) is 10.6 Å². The number of carbonyl (C=O) groups excluding carboxylic acids is 2. The number of amides is 2. The van der Waals surface area contributed by atoms with Crippen molar-refractivity contribution in [2.75, 3.05) is 36.9 Å². The summed E-state index contributed by atoms with van der Waals surface area (Å²) >= 11 is 5.85. The van der Waals surface area contributed by atoms with Gasteiger partial charge in [0.05, 0.1) is 28.4 Å². The van der Waals surface area contributed by atoms with Crippen LogP contribution < -0.4 is 14.9 Å². The lowest BCUT2D eigenvalue weighted by Crippen LogP contribution is -2.28. The molecule has 0 aliphatic rings. The fraction of sp³-hybridized carbons (Fsp3) is 0.167. The number of nitrogens with zero attached hydrogens (tertiary/aromatic N) is 1. The topological polar surface area (TPSA) is 105 Å². The lowest BCUT2D eigenvalue weighted by molar-refractivity contribution is 0.0938. The number of carbonyl (C=O) groups is 2. The summed E-state index contributed by atoms with van der Waals surface area (Å²) in [6.07, 6.45) is 0. The molecule has 0 aromatic heterocycles. The number of halogens is 1. The van der Waals surface area contributed by atoms with Crippen molar-refractivity contribution in [3.63, 3.8) is 0 Å². The molecule has 3 aromatic carbocycles. The van der Waals surface area contributed by atoms with Gasteiger partial charge in [-0.3, -0.25) is 13.9 Å². The van der Waals surface area contributed by atoms with Crippen molar-refractivity contribution in [1.82, 2.24) is 5.32 Å². The third-order valence-corrected chi connectivity index (χ3v) is 7.03. The molecule has 0 aliphatic carbocycles. The van der Waals surface area contributed by atoms with Crippen LogP contribution in [0.5, 0.6) is 0 Å². The monoisotopic (exact) mass is 501 g/mol. The van der Waals surface area contributed by atoms with Gasteiger partial charge in [-0.25, -0.2) is 8.42 Å². The first kappa shape index (κ1) is 25.2. The first-order valence-electron chi connectivity index (χ1n) is 10.3. The van der Waals surface area contributed by atoms with Gasteiger partial charge in [-0.1, -0.05) is 23.7 Å². The lowest BCUT2D eigenvalue weighted by atomic mass is 10.1. The highest BCUT2D eigenvalue weighted by Gasteiger charge is 2.21. The molecular formula is C24H24ClN3O5S. The van der Waals surface area contributed by atoms with Crippen LogP contribution in [0, 0.1) is 0 Å². The van der Waals surface area contributed by atoms with Gasteiger partial charge in [-0.15, -0.1) is 0 Å². The van der Waals surface area contributed by atoms with Crippen LogP contribution in [0.1, 0.15) is 20.7 Å². The van der Waals surface area contributed by atoms with E-state index in [1.54, 1.807) is 24.3 Å². The van der Waals surface area contributed by atoms with Crippen molar-refractivity contribution in [2.24, 2.45) is 0 Å². The summed E-state index contributed by atoms with van der Waals surface area (Å²) in [5, 5.41) is 5.89. The quantitative estimate of drug-likeness (QED) is 0.434. The van der Waals surface area contributed by atoms with Crippen LogP contribution in [-0.4, -0.2) is 47.5 Å². The fourth-order valence-corrected chi connectivity index (χ4v) is 4.39. The van der Waals surface area contributed by atoms with Crippen molar-refractivity contribution in [3.8, 4) is 0 Å². The Labute approximate surface area is 203 Å². The highest BCUT2D eigenvalue weighted by Crippen LogP contribution is 2.24. The molecule has 34 heavy (non-hydrogen) atoms. The maximum Gasteiger partial charge on any atom is 0.264 e. The SMILES string of the molecule is COCCNC(=O)c1ccccc1NC(=O)c1ccc(N(C)S(=O)(=O)c2ccc(Cl)cc2)cc1. The molecule has 8 nitrogen and oxygen atoms in total. The molecule has 0 heterocycles. The summed E-state index contributed by atoms with van der Waals surface area (Å²) in [5.41, 5.74) is 1.35. The lowest BCUT2D eigenvalue weighted by Gasteiger charge is -2.20. The molecule has 3 aromatic rings. The standard InChI is InChI=1S/C24H24ClN3O5S/c1-28(34(31,32)20-13-9-18(25)10-14-20)19-11-7-17(8-12-19)23(29)27-22-6-4-3-5-21(22)24(30)26-15-16-33-2/h3-14H,15-16H2,1-2H3,(H,26,30)(H,27,29). The van der Waals surface area contributed by atoms with E-state index in [9.17, 15) is 18.0 Å². The Balaban J connectivity index is 1.74. The molecule has 0 unspecified atom stereocenters. The number of rotatable bonds is 9. The van der Waals surface area contributed by atoms with E-state index in [1.807, 2.05) is 0 Å². The number of hydrogen-bond donors (Lipinski definition) is 2. The number of sulfonamides is 1. The van der Waals surface area contributed by atoms with Gasteiger partial charge < -0.3 is 15.4 Å². The second-order valence-electron chi connectivity index (χ2n) is 7.22. The molecule has 0 atom stereocenters. The number of hydrogen-bond acceptors (Lipinski definition) is 5. The van der Waals surface area contributed by atoms with Gasteiger partial charge >= 0.3 is 0 Å². The third kappa shape index (κ3) is 5.93. The zero-order chi connectivity index (χ0) is 24.7. The van der Waals surface area contributed by atoms with Gasteiger partial charge in [-0.2, -0.15) is 0 Å². The van der Waals surface area contributed by atoms with Gasteiger partial charge in [0.25, 0.3) is 21.8 Å². The summed E-state index contributed by atoms with van der Waals surface area (Å²) in [6, 6.07) is 18.6. The van der Waals surface area contributed by atoms with E-state index in [-0.39, 0.29) is 10.8 Å². The molecule has 0 saturated heterocycles. The van der Waals surface area contributed by atoms with Crippen LogP contribution >= 0.6 is 11.6 Å². The Kier molecular flexibility index (Phi) is 8.27. The predicted molar refractivity (Wildman–Crippen MR) is 132 cm³/mol. The Hall–Kier alpha value is -3.40. The van der Waals surface area contributed by atoms with E-state index in [4.69, 9.17) is 16.3 Å². The molecule has 0 radical (unpaired) electrons. The molecule has 2 N–H and O–H groups in total. The van der Waals surface area contributed by atoms with Gasteiger partial charge in [0.1, 0.15) is 0 Å². The van der Waals surface area contributed by atoms with Crippen molar-refractivity contribution < 1.29 is 22.7 Å². The van der Waals surface area contributed by atoms with Crippen molar-refractivity contribution in [3.05, 3.63) is 88.9 Å². The zero-order valence-electron chi connectivity index (χ0n) is 18.6. The highest BCUT2D eigenvalue weighted by atomic mass is 35.5. The van der Waals surface area contributed by atoms with Crippen molar-refractivity contribution >= 4 is 44.8 Å². The largest absolute Gasteiger partial charge is 0.383 e. The number of benzene rings is 3. The molecule has 3 rings (SSSR count). The third-order valence-electron chi connectivity index (χ3n) is 4.98. The second kappa shape index (κ2) is 11.1. The molecule has 0 saturated carbocycles. The Morgan fingerprint density at radius 2 is 1.59 bits per heavy atom. The maximum atomic E-state index is 12.9. The molecule has 10 heteroatoms. The summed E-state index contributed by atoms with van der Waals surface area (Å²) in [7, 11) is -0.828. The van der Waals surface area contributed by atoms with Gasteiger partial charge in [0.2, 0.25) is 0 Å². The molecule has 2 amide bonds. The molecule has 0 bridgehead atoms. The van der Waals surface area contributed by atoms with Crippen LogP contribution in [0.15, 0.2) is 77.7 Å². The zero-order valence-corrected chi connectivity index (χ0v) is 20.2. The summed E-state index contributed by atoms with van der Waals surface area (Å²) < 4.78 is 31.8. The van der Waals surface area contributed by atoms with Crippen LogP contribution in [0.4, 0.5) is 11.4 Å². The fourth-order valence-electron chi connectivity index (χ4n) is 3.07. The number of para-hydroxylation sites is 1. The summed E-state index contributed by atoms with van der Waals surface area (Å²) in [4.78, 5) is 25.3. The second-order valence-corrected chi connectivity index (χ2v) is 9.63. The smallest absolute Gasteiger partial charge is 0.264 e. The van der Waals surface area contributed by atoms with E-state index in [1.165, 1.54) is 62.7 Å². The Morgan fingerprint density at radius 3 is 2.24 bits per heavy atom. The van der Waals surface area contributed by atoms with Crippen LogP contribution in [0.25, 0.3) is 0 Å². The Bertz CT molecular complexity index is 1260. The number of ether oxygens (including phenoxy) is 1. The van der Waals surface area contributed by atoms with Gasteiger partial charge in [0, 0.05) is 31.3 Å². The average Bonchev–Trinajstić information content (AvgIpc) is 2.84. The summed E-state index contributed by atoms with van der Waals surface area (Å²) in [5.74, 6) is -0.774. The van der Waals surface area contributed by atoms with E-state index in [0.717, 1.165) is 4.31 Å². The number of methoxy groups -OCH3 is 1. The van der Waals surface area contributed by atoms with Gasteiger partial charge in [-0.05, 0) is 60.7 Å². The van der Waals surface area contributed by atoms with Crippen LogP contribution in [-0.2, 0) is 14.8 Å². The minimum atomic E-state index is -3.79. The first-order chi connectivity index (χ1) is 16.2. The van der Waals surface area contributed by atoms with E-state index in [0.29, 0.717) is 40.7 Å². The van der Waals surface area contributed by atoms with Crippen molar-refractivity contribution in [2.45, 2.75) is 4.90 Å². The van der Waals surface area contributed by atoms with Crippen LogP contribution in [0.2, 0.25) is 5.02 Å². The highest BCUT2D eigenvalue weighted by molar-refractivity contribution is 7.92. The number of nitrogens with one attached hydrogen (secondary N) is 2. The summed E-state index contributed by atoms with van der Waals surface area (Å²) in [6.45, 7) is 0.709. The van der Waals surface area contributed by atoms with Gasteiger partial charge in [0.15, 0.2) is 0 Å². The van der Waals surface area contributed by atoms with E-state index >= 15 is 0 Å². The first-order valence-corrected chi connectivity index (χ1v) is 12.1. The minimum Gasteiger partial charge on any atom is -0.383 e. The molecular weight excluding hydrogens is 478 g/mol. The average molecular weight is 502 g/mol. The number of anilines is 2. The predicted octanol–water partition coefficient (Wildman–Crippen LogP) is 3.79. The maximum absolute atomic E-state index is 12.9. The molecule has 0 spiro atoms. The van der Waals surface area contributed by atoms with E-state index < -0.39 is 15.9 Å². The molecule has 178 valence electrons.